The molecule has 150 valence electrons. The van der Waals surface area contributed by atoms with Crippen LogP contribution < -0.4 is 0 Å². The fourth-order valence-electron chi connectivity index (χ4n) is 3.79. The summed E-state index contributed by atoms with van der Waals surface area (Å²) in [6, 6.07) is 7.34. The molecule has 1 aliphatic carbocycles. The molecule has 28 heavy (non-hydrogen) atoms. The SMILES string of the molecule is CC(=O)N1CCN(CCN=CC2C(=O)CC(c3ccc(Cl)cc3)CC2=O)CC1. The summed E-state index contributed by atoms with van der Waals surface area (Å²) < 4.78 is 0. The van der Waals surface area contributed by atoms with Gasteiger partial charge in [-0.25, -0.2) is 0 Å². The summed E-state index contributed by atoms with van der Waals surface area (Å²) in [5.74, 6) is -0.786. The van der Waals surface area contributed by atoms with E-state index in [1.807, 2.05) is 17.0 Å². The standard InChI is InChI=1S/C21H26ClN3O3/c1-15(26)25-10-8-24(9-11-25)7-6-23-14-19-20(27)12-17(13-21(19)28)16-2-4-18(22)5-3-16/h2-5,14,17,19H,6-13H2,1H3. The summed E-state index contributed by atoms with van der Waals surface area (Å²) >= 11 is 5.91. The average Bonchev–Trinajstić information content (AvgIpc) is 2.67. The first-order valence-corrected chi connectivity index (χ1v) is 10.1. The Hall–Kier alpha value is -2.05. The van der Waals surface area contributed by atoms with Gasteiger partial charge in [0.1, 0.15) is 17.5 Å². The van der Waals surface area contributed by atoms with E-state index in [-0.39, 0.29) is 23.4 Å². The van der Waals surface area contributed by atoms with Gasteiger partial charge in [0.2, 0.25) is 5.91 Å². The molecule has 1 amide bonds. The zero-order valence-electron chi connectivity index (χ0n) is 16.1. The molecule has 0 N–H and O–H groups in total. The Morgan fingerprint density at radius 1 is 1.11 bits per heavy atom. The molecule has 3 rings (SSSR count). The molecule has 0 spiro atoms. The number of benzene rings is 1. The summed E-state index contributed by atoms with van der Waals surface area (Å²) in [5, 5.41) is 0.643. The summed E-state index contributed by atoms with van der Waals surface area (Å²) in [6.07, 6.45) is 2.25. The molecule has 1 saturated carbocycles. The lowest BCUT2D eigenvalue weighted by Crippen LogP contribution is -2.48. The van der Waals surface area contributed by atoms with Crippen LogP contribution in [0.1, 0.15) is 31.2 Å². The second kappa shape index (κ2) is 9.43. The number of aliphatic imine (C=N–C) groups is 1. The first kappa shape index (κ1) is 20.7. The van der Waals surface area contributed by atoms with Crippen LogP contribution in [0.15, 0.2) is 29.3 Å². The Kier molecular flexibility index (Phi) is 6.97. The zero-order chi connectivity index (χ0) is 20.1. The lowest BCUT2D eigenvalue weighted by atomic mass is 9.77. The quantitative estimate of drug-likeness (QED) is 0.558. The molecule has 6 nitrogen and oxygen atoms in total. The Morgan fingerprint density at radius 3 is 2.29 bits per heavy atom. The minimum Gasteiger partial charge on any atom is -0.340 e. The number of hydrogen-bond acceptors (Lipinski definition) is 5. The third kappa shape index (κ3) is 5.26. The molecule has 1 aromatic carbocycles. The van der Waals surface area contributed by atoms with E-state index in [4.69, 9.17) is 11.6 Å². The van der Waals surface area contributed by atoms with Gasteiger partial charge in [-0.3, -0.25) is 24.3 Å². The van der Waals surface area contributed by atoms with Crippen LogP contribution in [-0.4, -0.2) is 72.8 Å². The Labute approximate surface area is 170 Å². The van der Waals surface area contributed by atoms with Crippen LogP contribution in [0.3, 0.4) is 0 Å². The van der Waals surface area contributed by atoms with Crippen molar-refractivity contribution in [3.63, 3.8) is 0 Å². The van der Waals surface area contributed by atoms with E-state index in [1.54, 1.807) is 19.1 Å². The van der Waals surface area contributed by atoms with Gasteiger partial charge < -0.3 is 4.90 Å². The highest BCUT2D eigenvalue weighted by atomic mass is 35.5. The number of rotatable bonds is 5. The molecular weight excluding hydrogens is 378 g/mol. The van der Waals surface area contributed by atoms with Gasteiger partial charge in [0.25, 0.3) is 0 Å². The maximum atomic E-state index is 12.5. The number of halogens is 1. The van der Waals surface area contributed by atoms with Crippen LogP contribution >= 0.6 is 11.6 Å². The van der Waals surface area contributed by atoms with Gasteiger partial charge in [-0.05, 0) is 23.6 Å². The fraction of sp³-hybridized carbons (Fsp3) is 0.524. The maximum absolute atomic E-state index is 12.5. The van der Waals surface area contributed by atoms with Crippen molar-refractivity contribution >= 4 is 35.3 Å². The van der Waals surface area contributed by atoms with E-state index in [9.17, 15) is 14.4 Å². The number of Topliss-reactive ketones (excluding diaryl/α,β-unsaturated/α-hetero) is 2. The molecule has 0 aromatic heterocycles. The van der Waals surface area contributed by atoms with Gasteiger partial charge in [-0.15, -0.1) is 0 Å². The minimum atomic E-state index is -0.710. The molecule has 0 atom stereocenters. The Balaban J connectivity index is 1.46. The molecule has 0 unspecified atom stereocenters. The molecular formula is C21H26ClN3O3. The summed E-state index contributed by atoms with van der Waals surface area (Å²) in [6.45, 7) is 6.06. The molecule has 1 saturated heterocycles. The Bertz CT molecular complexity index is 737. The van der Waals surface area contributed by atoms with E-state index in [2.05, 4.69) is 9.89 Å². The van der Waals surface area contributed by atoms with Crippen LogP contribution in [0.5, 0.6) is 0 Å². The topological polar surface area (TPSA) is 70.1 Å². The molecule has 1 heterocycles. The molecule has 7 heteroatoms. The molecule has 1 aliphatic heterocycles. The third-order valence-electron chi connectivity index (χ3n) is 5.55. The second-order valence-electron chi connectivity index (χ2n) is 7.47. The summed E-state index contributed by atoms with van der Waals surface area (Å²) in [5.41, 5.74) is 0.978. The average molecular weight is 404 g/mol. The largest absolute Gasteiger partial charge is 0.340 e. The first-order chi connectivity index (χ1) is 13.4. The van der Waals surface area contributed by atoms with Crippen molar-refractivity contribution in [2.75, 3.05) is 39.3 Å². The summed E-state index contributed by atoms with van der Waals surface area (Å²) in [4.78, 5) is 44.7. The lowest BCUT2D eigenvalue weighted by molar-refractivity contribution is -0.133. The van der Waals surface area contributed by atoms with Crippen LogP contribution in [0.25, 0.3) is 0 Å². The van der Waals surface area contributed by atoms with Crippen molar-refractivity contribution in [1.82, 2.24) is 9.80 Å². The number of carbonyl (C=O) groups excluding carboxylic acids is 3. The maximum Gasteiger partial charge on any atom is 0.219 e. The zero-order valence-corrected chi connectivity index (χ0v) is 16.9. The Morgan fingerprint density at radius 2 is 1.71 bits per heavy atom. The van der Waals surface area contributed by atoms with E-state index in [0.717, 1.165) is 38.3 Å². The smallest absolute Gasteiger partial charge is 0.219 e. The number of amides is 1. The van der Waals surface area contributed by atoms with E-state index >= 15 is 0 Å². The highest BCUT2D eigenvalue weighted by Gasteiger charge is 2.34. The van der Waals surface area contributed by atoms with Gasteiger partial charge >= 0.3 is 0 Å². The highest BCUT2D eigenvalue weighted by Crippen LogP contribution is 2.31. The predicted octanol–water partition coefficient (Wildman–Crippen LogP) is 2.21. The normalized spacial score (nSPS) is 24.1. The third-order valence-corrected chi connectivity index (χ3v) is 5.80. The number of carbonyl (C=O) groups is 3. The van der Waals surface area contributed by atoms with E-state index in [1.165, 1.54) is 6.21 Å². The molecule has 2 fully saturated rings. The van der Waals surface area contributed by atoms with Gasteiger partial charge in [0, 0.05) is 63.7 Å². The second-order valence-corrected chi connectivity index (χ2v) is 7.91. The van der Waals surface area contributed by atoms with Crippen molar-refractivity contribution in [3.05, 3.63) is 34.9 Å². The molecule has 1 aromatic rings. The molecule has 0 radical (unpaired) electrons. The highest BCUT2D eigenvalue weighted by molar-refractivity contribution is 6.30. The van der Waals surface area contributed by atoms with Crippen molar-refractivity contribution in [1.29, 1.82) is 0 Å². The van der Waals surface area contributed by atoms with Crippen LogP contribution in [0, 0.1) is 5.92 Å². The van der Waals surface area contributed by atoms with Crippen LogP contribution in [0.2, 0.25) is 5.02 Å². The summed E-state index contributed by atoms with van der Waals surface area (Å²) in [7, 11) is 0. The van der Waals surface area contributed by atoms with Crippen molar-refractivity contribution in [3.8, 4) is 0 Å². The van der Waals surface area contributed by atoms with Gasteiger partial charge in [-0.1, -0.05) is 23.7 Å². The predicted molar refractivity (Wildman–Crippen MR) is 109 cm³/mol. The van der Waals surface area contributed by atoms with Gasteiger partial charge in [-0.2, -0.15) is 0 Å². The number of hydrogen-bond donors (Lipinski definition) is 0. The van der Waals surface area contributed by atoms with E-state index < -0.39 is 5.92 Å². The number of piperazine rings is 1. The van der Waals surface area contributed by atoms with Crippen molar-refractivity contribution in [2.24, 2.45) is 10.9 Å². The first-order valence-electron chi connectivity index (χ1n) is 9.72. The number of ketones is 2. The lowest BCUT2D eigenvalue weighted by Gasteiger charge is -2.33. The van der Waals surface area contributed by atoms with Crippen molar-refractivity contribution in [2.45, 2.75) is 25.7 Å². The fourth-order valence-corrected chi connectivity index (χ4v) is 3.92. The monoisotopic (exact) mass is 403 g/mol. The van der Waals surface area contributed by atoms with E-state index in [0.29, 0.717) is 24.4 Å². The molecule has 0 bridgehead atoms. The minimum absolute atomic E-state index is 0.0602. The van der Waals surface area contributed by atoms with Gasteiger partial charge in [0.15, 0.2) is 0 Å². The van der Waals surface area contributed by atoms with Crippen LogP contribution in [0.4, 0.5) is 0 Å². The van der Waals surface area contributed by atoms with Crippen molar-refractivity contribution < 1.29 is 14.4 Å². The number of nitrogens with zero attached hydrogens (tertiary/aromatic N) is 3. The van der Waals surface area contributed by atoms with Gasteiger partial charge in [0.05, 0.1) is 6.54 Å². The van der Waals surface area contributed by atoms with Crippen LogP contribution in [-0.2, 0) is 14.4 Å². The molecule has 2 aliphatic rings.